The Morgan fingerprint density at radius 3 is 2.78 bits per heavy atom. The minimum atomic E-state index is 0.227. The Morgan fingerprint density at radius 1 is 1.39 bits per heavy atom. The first-order chi connectivity index (χ1) is 8.63. The Labute approximate surface area is 108 Å². The second-order valence-electron chi connectivity index (χ2n) is 4.79. The van der Waals surface area contributed by atoms with Gasteiger partial charge in [-0.3, -0.25) is 0 Å². The monoisotopic (exact) mass is 244 g/mol. The molecule has 0 fully saturated rings. The first kappa shape index (κ1) is 12.8. The number of carbonyl (C=O) groups is 1. The number of para-hydroxylation sites is 1. The van der Waals surface area contributed by atoms with Crippen molar-refractivity contribution >= 4 is 16.7 Å². The van der Waals surface area contributed by atoms with E-state index in [1.54, 1.807) is 6.92 Å². The van der Waals surface area contributed by atoms with E-state index in [2.05, 4.69) is 35.4 Å². The minimum absolute atomic E-state index is 0.227. The number of H-pyrrole nitrogens is 1. The van der Waals surface area contributed by atoms with Crippen molar-refractivity contribution in [3.05, 3.63) is 35.5 Å². The normalized spacial score (nSPS) is 12.8. The van der Waals surface area contributed by atoms with Crippen LogP contribution in [-0.2, 0) is 4.79 Å². The SMILES string of the molecule is CNC(CCC(C)=O)c1c(C)[nH]c2ccccc12. The molecule has 1 aromatic carbocycles. The van der Waals surface area contributed by atoms with Gasteiger partial charge in [-0.25, -0.2) is 0 Å². The van der Waals surface area contributed by atoms with Gasteiger partial charge in [-0.1, -0.05) is 18.2 Å². The van der Waals surface area contributed by atoms with Crippen molar-refractivity contribution in [1.29, 1.82) is 0 Å². The molecule has 0 spiro atoms. The van der Waals surface area contributed by atoms with E-state index in [9.17, 15) is 4.79 Å². The lowest BCUT2D eigenvalue weighted by Gasteiger charge is -2.16. The highest BCUT2D eigenvalue weighted by molar-refractivity contribution is 5.85. The molecule has 0 bridgehead atoms. The number of nitrogens with one attached hydrogen (secondary N) is 2. The van der Waals surface area contributed by atoms with Crippen molar-refractivity contribution in [3.63, 3.8) is 0 Å². The van der Waals surface area contributed by atoms with Gasteiger partial charge in [0.25, 0.3) is 0 Å². The molecule has 0 amide bonds. The first-order valence-electron chi connectivity index (χ1n) is 6.37. The molecule has 18 heavy (non-hydrogen) atoms. The Balaban J connectivity index is 2.38. The summed E-state index contributed by atoms with van der Waals surface area (Å²) in [5.41, 5.74) is 3.63. The second kappa shape index (κ2) is 5.36. The number of aromatic amines is 1. The summed E-state index contributed by atoms with van der Waals surface area (Å²) in [6, 6.07) is 8.53. The van der Waals surface area contributed by atoms with Crippen LogP contribution in [0.5, 0.6) is 0 Å². The summed E-state index contributed by atoms with van der Waals surface area (Å²) in [5, 5.41) is 4.57. The highest BCUT2D eigenvalue weighted by Crippen LogP contribution is 2.30. The molecule has 1 unspecified atom stereocenters. The molecule has 0 saturated carbocycles. The van der Waals surface area contributed by atoms with Crippen molar-refractivity contribution in [1.82, 2.24) is 10.3 Å². The molecule has 0 saturated heterocycles. The van der Waals surface area contributed by atoms with E-state index in [0.717, 1.165) is 11.9 Å². The van der Waals surface area contributed by atoms with Crippen LogP contribution in [0.4, 0.5) is 0 Å². The molecular weight excluding hydrogens is 224 g/mol. The van der Waals surface area contributed by atoms with Crippen LogP contribution in [0.25, 0.3) is 10.9 Å². The van der Waals surface area contributed by atoms with Gasteiger partial charge in [0.05, 0.1) is 0 Å². The molecule has 0 aliphatic rings. The van der Waals surface area contributed by atoms with Gasteiger partial charge in [0.2, 0.25) is 0 Å². The number of fused-ring (bicyclic) bond motifs is 1. The average molecular weight is 244 g/mol. The molecule has 0 aliphatic heterocycles. The lowest BCUT2D eigenvalue weighted by atomic mass is 9.98. The molecular formula is C15H20N2O. The van der Waals surface area contributed by atoms with Gasteiger partial charge in [-0.05, 0) is 38.9 Å². The van der Waals surface area contributed by atoms with Gasteiger partial charge in [0.1, 0.15) is 5.78 Å². The zero-order valence-electron chi connectivity index (χ0n) is 11.2. The van der Waals surface area contributed by atoms with E-state index in [1.165, 1.54) is 16.6 Å². The zero-order valence-corrected chi connectivity index (χ0v) is 11.2. The van der Waals surface area contributed by atoms with Crippen molar-refractivity contribution < 1.29 is 4.79 Å². The second-order valence-corrected chi connectivity index (χ2v) is 4.79. The highest BCUT2D eigenvalue weighted by Gasteiger charge is 2.17. The molecule has 1 heterocycles. The standard InChI is InChI=1S/C15H20N2O/c1-10(18)8-9-14(16-3)15-11(2)17-13-7-5-4-6-12(13)15/h4-7,14,16-17H,8-9H2,1-3H3. The van der Waals surface area contributed by atoms with Gasteiger partial charge in [-0.15, -0.1) is 0 Å². The van der Waals surface area contributed by atoms with Crippen LogP contribution in [0.15, 0.2) is 24.3 Å². The quantitative estimate of drug-likeness (QED) is 0.848. The van der Waals surface area contributed by atoms with Crippen LogP contribution in [-0.4, -0.2) is 17.8 Å². The maximum Gasteiger partial charge on any atom is 0.129 e. The Kier molecular flexibility index (Phi) is 3.82. The van der Waals surface area contributed by atoms with Crippen LogP contribution < -0.4 is 5.32 Å². The molecule has 0 radical (unpaired) electrons. The van der Waals surface area contributed by atoms with Crippen LogP contribution in [0.1, 0.15) is 37.1 Å². The summed E-state index contributed by atoms with van der Waals surface area (Å²) in [4.78, 5) is 14.6. The molecule has 2 rings (SSSR count). The van der Waals surface area contributed by atoms with Crippen LogP contribution in [0.3, 0.4) is 0 Å². The third-order valence-electron chi connectivity index (χ3n) is 3.43. The number of ketones is 1. The molecule has 3 nitrogen and oxygen atoms in total. The van der Waals surface area contributed by atoms with E-state index in [0.29, 0.717) is 6.42 Å². The molecule has 96 valence electrons. The van der Waals surface area contributed by atoms with Crippen LogP contribution >= 0.6 is 0 Å². The molecule has 3 heteroatoms. The van der Waals surface area contributed by atoms with Crippen molar-refractivity contribution in [2.75, 3.05) is 7.05 Å². The summed E-state index contributed by atoms with van der Waals surface area (Å²) in [7, 11) is 1.95. The molecule has 2 aromatic rings. The topological polar surface area (TPSA) is 44.9 Å². The minimum Gasteiger partial charge on any atom is -0.358 e. The fraction of sp³-hybridized carbons (Fsp3) is 0.400. The summed E-state index contributed by atoms with van der Waals surface area (Å²) in [5.74, 6) is 0.243. The van der Waals surface area contributed by atoms with E-state index in [4.69, 9.17) is 0 Å². The van der Waals surface area contributed by atoms with E-state index >= 15 is 0 Å². The van der Waals surface area contributed by atoms with Gasteiger partial charge in [0.15, 0.2) is 0 Å². The lowest BCUT2D eigenvalue weighted by Crippen LogP contribution is -2.17. The van der Waals surface area contributed by atoms with E-state index in [1.807, 2.05) is 13.1 Å². The van der Waals surface area contributed by atoms with E-state index < -0.39 is 0 Å². The molecule has 1 aromatic heterocycles. The predicted octanol–water partition coefficient (Wildman–Crippen LogP) is 3.11. The van der Waals surface area contributed by atoms with Crippen molar-refractivity contribution in [3.8, 4) is 0 Å². The number of aromatic nitrogens is 1. The lowest BCUT2D eigenvalue weighted by molar-refractivity contribution is -0.117. The number of hydrogen-bond acceptors (Lipinski definition) is 2. The summed E-state index contributed by atoms with van der Waals surface area (Å²) in [6.07, 6.45) is 1.46. The highest BCUT2D eigenvalue weighted by atomic mass is 16.1. The third kappa shape index (κ3) is 2.46. The Morgan fingerprint density at radius 2 is 2.11 bits per heavy atom. The van der Waals surface area contributed by atoms with Gasteiger partial charge >= 0.3 is 0 Å². The zero-order chi connectivity index (χ0) is 13.1. The smallest absolute Gasteiger partial charge is 0.129 e. The van der Waals surface area contributed by atoms with Crippen molar-refractivity contribution in [2.45, 2.75) is 32.7 Å². The third-order valence-corrected chi connectivity index (χ3v) is 3.43. The first-order valence-corrected chi connectivity index (χ1v) is 6.37. The van der Waals surface area contributed by atoms with Gasteiger partial charge < -0.3 is 15.1 Å². The maximum atomic E-state index is 11.1. The summed E-state index contributed by atoms with van der Waals surface area (Å²) >= 11 is 0. The molecule has 1 atom stereocenters. The van der Waals surface area contributed by atoms with Gasteiger partial charge in [0, 0.05) is 29.1 Å². The van der Waals surface area contributed by atoms with E-state index in [-0.39, 0.29) is 11.8 Å². The fourth-order valence-corrected chi connectivity index (χ4v) is 2.53. The summed E-state index contributed by atoms with van der Waals surface area (Å²) < 4.78 is 0. The summed E-state index contributed by atoms with van der Waals surface area (Å²) in [6.45, 7) is 3.74. The Hall–Kier alpha value is -1.61. The fourth-order valence-electron chi connectivity index (χ4n) is 2.53. The Bertz CT molecular complexity index is 557. The predicted molar refractivity (Wildman–Crippen MR) is 74.8 cm³/mol. The maximum absolute atomic E-state index is 11.1. The van der Waals surface area contributed by atoms with Crippen molar-refractivity contribution in [2.24, 2.45) is 0 Å². The van der Waals surface area contributed by atoms with Crippen LogP contribution in [0, 0.1) is 6.92 Å². The number of aryl methyl sites for hydroxylation is 1. The molecule has 2 N–H and O–H groups in total. The van der Waals surface area contributed by atoms with Gasteiger partial charge in [-0.2, -0.15) is 0 Å². The number of rotatable bonds is 5. The number of Topliss-reactive ketones (excluding diaryl/α,β-unsaturated/α-hetero) is 1. The number of hydrogen-bond donors (Lipinski definition) is 2. The molecule has 0 aliphatic carbocycles. The largest absolute Gasteiger partial charge is 0.358 e. The number of benzene rings is 1. The average Bonchev–Trinajstić information content (AvgIpc) is 2.67. The number of carbonyl (C=O) groups excluding carboxylic acids is 1. The van der Waals surface area contributed by atoms with Crippen LogP contribution in [0.2, 0.25) is 0 Å².